The van der Waals surface area contributed by atoms with E-state index in [0.29, 0.717) is 24.1 Å². The van der Waals surface area contributed by atoms with E-state index in [0.717, 1.165) is 57.8 Å². The summed E-state index contributed by atoms with van der Waals surface area (Å²) >= 11 is 0. The van der Waals surface area contributed by atoms with Crippen LogP contribution in [0.3, 0.4) is 0 Å². The molecule has 0 radical (unpaired) electrons. The molecule has 0 aromatic carbocycles. The molecular weight excluding hydrogens is 782 g/mol. The third kappa shape index (κ3) is 49.1. The average Bonchev–Trinajstić information content (AvgIpc) is 3.22. The standard InChI is InChI=1S/C52H96NO7P/c1-6-8-10-12-14-16-18-20-22-24-25-26-27-28-30-32-34-36-38-40-42-44-47-57-49-51(50-59-61(55,56)58-48-46-53(3,4)5)60-52(54)45-43-41-39-37-35-33-31-29-23-21-19-17-15-13-11-9-7-2/h8,10,14,16,20-23,25-26,51H,6-7,9,11-13,15,17-19,24,27-50H2,1-5H3/p+1/b10-8-,16-14-,22-20-,23-21-,26-25-. The monoisotopic (exact) mass is 879 g/mol. The van der Waals surface area contributed by atoms with Gasteiger partial charge in [0.25, 0.3) is 0 Å². The molecule has 0 bridgehead atoms. The maximum absolute atomic E-state index is 12.7. The van der Waals surface area contributed by atoms with Crippen molar-refractivity contribution < 1.29 is 37.3 Å². The number of phosphoric ester groups is 1. The summed E-state index contributed by atoms with van der Waals surface area (Å²) in [7, 11) is 1.66. The molecule has 2 unspecified atom stereocenters. The molecule has 0 rings (SSSR count). The zero-order valence-electron chi connectivity index (χ0n) is 40.4. The molecule has 0 amide bonds. The number of ether oxygens (including phenoxy) is 2. The lowest BCUT2D eigenvalue weighted by Gasteiger charge is -2.24. The van der Waals surface area contributed by atoms with Crippen molar-refractivity contribution in [2.24, 2.45) is 0 Å². The van der Waals surface area contributed by atoms with Crippen molar-refractivity contribution in [2.45, 2.75) is 213 Å². The first-order valence-electron chi connectivity index (χ1n) is 25.0. The highest BCUT2D eigenvalue weighted by molar-refractivity contribution is 7.47. The second kappa shape index (κ2) is 44.8. The molecule has 356 valence electrons. The van der Waals surface area contributed by atoms with Gasteiger partial charge < -0.3 is 18.9 Å². The van der Waals surface area contributed by atoms with E-state index in [1.807, 2.05) is 21.1 Å². The summed E-state index contributed by atoms with van der Waals surface area (Å²) in [6.07, 6.45) is 56.9. The van der Waals surface area contributed by atoms with Crippen LogP contribution in [0, 0.1) is 0 Å². The van der Waals surface area contributed by atoms with Crippen LogP contribution >= 0.6 is 7.82 Å². The minimum Gasteiger partial charge on any atom is -0.457 e. The Labute approximate surface area is 377 Å². The molecule has 0 aromatic heterocycles. The lowest BCUT2D eigenvalue weighted by atomic mass is 10.1. The van der Waals surface area contributed by atoms with Gasteiger partial charge in [-0.1, -0.05) is 184 Å². The van der Waals surface area contributed by atoms with Gasteiger partial charge in [0.15, 0.2) is 0 Å². The second-order valence-electron chi connectivity index (χ2n) is 17.8. The minimum atomic E-state index is -4.28. The zero-order valence-corrected chi connectivity index (χ0v) is 41.3. The summed E-state index contributed by atoms with van der Waals surface area (Å²) < 4.78 is 35.1. The molecule has 0 aliphatic carbocycles. The molecule has 0 aliphatic rings. The van der Waals surface area contributed by atoms with E-state index in [1.165, 1.54) is 128 Å². The zero-order chi connectivity index (χ0) is 44.8. The third-order valence-corrected chi connectivity index (χ3v) is 11.5. The Balaban J connectivity index is 4.17. The summed E-state index contributed by atoms with van der Waals surface area (Å²) in [6, 6.07) is 0. The van der Waals surface area contributed by atoms with Crippen LogP contribution in [0.1, 0.15) is 206 Å². The normalized spacial score (nSPS) is 14.1. The quantitative estimate of drug-likeness (QED) is 0.0214. The lowest BCUT2D eigenvalue weighted by molar-refractivity contribution is -0.870. The predicted octanol–water partition coefficient (Wildman–Crippen LogP) is 15.3. The van der Waals surface area contributed by atoms with E-state index in [-0.39, 0.29) is 25.8 Å². The summed E-state index contributed by atoms with van der Waals surface area (Å²) in [5.41, 5.74) is 0. The Kier molecular flexibility index (Phi) is 43.5. The van der Waals surface area contributed by atoms with Gasteiger partial charge in [-0.15, -0.1) is 0 Å². The fourth-order valence-electron chi connectivity index (χ4n) is 6.72. The van der Waals surface area contributed by atoms with Crippen molar-refractivity contribution in [3.05, 3.63) is 60.8 Å². The van der Waals surface area contributed by atoms with Crippen molar-refractivity contribution in [2.75, 3.05) is 54.1 Å². The molecular formula is C52H97NO7P+. The van der Waals surface area contributed by atoms with E-state index in [1.54, 1.807) is 0 Å². The highest BCUT2D eigenvalue weighted by Crippen LogP contribution is 2.43. The number of hydrogen-bond acceptors (Lipinski definition) is 6. The number of nitrogens with zero attached hydrogens (tertiary/aromatic N) is 1. The number of phosphoric acid groups is 1. The van der Waals surface area contributed by atoms with Crippen LogP contribution < -0.4 is 0 Å². The smallest absolute Gasteiger partial charge is 0.457 e. The van der Waals surface area contributed by atoms with Crippen LogP contribution in [-0.2, 0) is 27.9 Å². The molecule has 0 spiro atoms. The van der Waals surface area contributed by atoms with Gasteiger partial charge in [0, 0.05) is 13.0 Å². The number of likely N-dealkylation sites (N-methyl/N-ethyl adjacent to an activating group) is 1. The Hall–Kier alpha value is -1.80. The number of rotatable bonds is 46. The maximum atomic E-state index is 12.7. The number of carbonyl (C=O) groups is 1. The van der Waals surface area contributed by atoms with Gasteiger partial charge in [-0.05, 0) is 77.0 Å². The van der Waals surface area contributed by atoms with Gasteiger partial charge in [-0.3, -0.25) is 13.8 Å². The lowest BCUT2D eigenvalue weighted by Crippen LogP contribution is -2.37. The van der Waals surface area contributed by atoms with Crippen molar-refractivity contribution in [3.8, 4) is 0 Å². The number of carbonyl (C=O) groups excluding carboxylic acids is 1. The molecule has 0 aromatic rings. The van der Waals surface area contributed by atoms with Crippen molar-refractivity contribution in [3.63, 3.8) is 0 Å². The van der Waals surface area contributed by atoms with Crippen molar-refractivity contribution in [1.82, 2.24) is 0 Å². The number of esters is 1. The van der Waals surface area contributed by atoms with E-state index in [9.17, 15) is 14.3 Å². The highest BCUT2D eigenvalue weighted by atomic mass is 31.2. The summed E-state index contributed by atoms with van der Waals surface area (Å²) in [4.78, 5) is 23.0. The molecule has 0 fully saturated rings. The summed E-state index contributed by atoms with van der Waals surface area (Å²) in [5.74, 6) is -0.321. The van der Waals surface area contributed by atoms with Crippen LogP contribution in [0.5, 0.6) is 0 Å². The maximum Gasteiger partial charge on any atom is 0.472 e. The molecule has 0 saturated heterocycles. The van der Waals surface area contributed by atoms with Gasteiger partial charge >= 0.3 is 13.8 Å². The van der Waals surface area contributed by atoms with Gasteiger partial charge in [-0.25, -0.2) is 4.57 Å². The number of hydrogen-bond donors (Lipinski definition) is 1. The van der Waals surface area contributed by atoms with Crippen LogP contribution in [0.4, 0.5) is 0 Å². The van der Waals surface area contributed by atoms with E-state index in [4.69, 9.17) is 18.5 Å². The fourth-order valence-corrected chi connectivity index (χ4v) is 7.46. The Morgan fingerprint density at radius 2 is 0.951 bits per heavy atom. The molecule has 2 atom stereocenters. The molecule has 61 heavy (non-hydrogen) atoms. The molecule has 0 heterocycles. The first-order chi connectivity index (χ1) is 29.6. The minimum absolute atomic E-state index is 0.0846. The van der Waals surface area contributed by atoms with Crippen molar-refractivity contribution >= 4 is 13.8 Å². The second-order valence-corrected chi connectivity index (χ2v) is 19.3. The first kappa shape index (κ1) is 59.2. The van der Waals surface area contributed by atoms with Crippen molar-refractivity contribution in [1.29, 1.82) is 0 Å². The van der Waals surface area contributed by atoms with Crippen LogP contribution in [0.15, 0.2) is 60.8 Å². The van der Waals surface area contributed by atoms with E-state index < -0.39 is 13.9 Å². The summed E-state index contributed by atoms with van der Waals surface area (Å²) in [6.45, 7) is 5.50. The van der Waals surface area contributed by atoms with Crippen LogP contribution in [0.2, 0.25) is 0 Å². The van der Waals surface area contributed by atoms with E-state index >= 15 is 0 Å². The van der Waals surface area contributed by atoms with Gasteiger partial charge in [-0.2, -0.15) is 0 Å². The third-order valence-electron chi connectivity index (χ3n) is 10.6. The fraction of sp³-hybridized carbons (Fsp3) is 0.788. The summed E-state index contributed by atoms with van der Waals surface area (Å²) in [5, 5.41) is 0. The van der Waals surface area contributed by atoms with Crippen LogP contribution in [-0.4, -0.2) is 75.6 Å². The van der Waals surface area contributed by atoms with Gasteiger partial charge in [0.05, 0.1) is 34.4 Å². The van der Waals surface area contributed by atoms with Gasteiger partial charge in [0.1, 0.15) is 19.3 Å². The Morgan fingerprint density at radius 1 is 0.525 bits per heavy atom. The van der Waals surface area contributed by atoms with Gasteiger partial charge in [0.2, 0.25) is 0 Å². The SMILES string of the molecule is CC/C=C\C/C=C\C/C=C\C/C=C\CCCCCCCCCCCOCC(COP(=O)(O)OCC[N+](C)(C)C)OC(=O)CCCCCCCCC/C=C\CCCCCCCC. The number of unbranched alkanes of at least 4 members (excludes halogenated alkanes) is 22. The Morgan fingerprint density at radius 3 is 1.44 bits per heavy atom. The molecule has 0 saturated carbocycles. The molecule has 1 N–H and O–H groups in total. The predicted molar refractivity (Wildman–Crippen MR) is 261 cm³/mol. The van der Waals surface area contributed by atoms with E-state index in [2.05, 4.69) is 74.6 Å². The molecule has 9 heteroatoms. The highest BCUT2D eigenvalue weighted by Gasteiger charge is 2.26. The number of allylic oxidation sites excluding steroid dienone is 10. The molecule has 8 nitrogen and oxygen atoms in total. The Bertz CT molecular complexity index is 1160. The largest absolute Gasteiger partial charge is 0.472 e. The topological polar surface area (TPSA) is 91.3 Å². The molecule has 0 aliphatic heterocycles. The number of quaternary nitrogens is 1. The first-order valence-corrected chi connectivity index (χ1v) is 26.5. The average molecular weight is 879 g/mol. The van der Waals surface area contributed by atoms with Crippen LogP contribution in [0.25, 0.3) is 0 Å².